The summed E-state index contributed by atoms with van der Waals surface area (Å²) in [5.74, 6) is -1.79. The molecule has 1 aliphatic rings. The highest BCUT2D eigenvalue weighted by Crippen LogP contribution is 2.20. The molecular formula is C19H19F2N3O2. The van der Waals surface area contributed by atoms with Crippen LogP contribution in [0.5, 0.6) is 0 Å². The van der Waals surface area contributed by atoms with Crippen LogP contribution in [0.2, 0.25) is 0 Å². The lowest BCUT2D eigenvalue weighted by molar-refractivity contribution is -0.130. The summed E-state index contributed by atoms with van der Waals surface area (Å²) >= 11 is 0. The summed E-state index contributed by atoms with van der Waals surface area (Å²) in [6.45, 7) is 1.68. The van der Waals surface area contributed by atoms with Gasteiger partial charge < -0.3 is 15.1 Å². The predicted molar refractivity (Wildman–Crippen MR) is 93.9 cm³/mol. The van der Waals surface area contributed by atoms with Crippen molar-refractivity contribution in [2.24, 2.45) is 0 Å². The average Bonchev–Trinajstić information content (AvgIpc) is 2.67. The molecule has 3 rings (SSSR count). The van der Waals surface area contributed by atoms with Gasteiger partial charge in [0.05, 0.1) is 17.8 Å². The van der Waals surface area contributed by atoms with E-state index in [2.05, 4.69) is 5.32 Å². The molecule has 1 heterocycles. The summed E-state index contributed by atoms with van der Waals surface area (Å²) in [6.07, 6.45) is 0. The number of hydrogen-bond acceptors (Lipinski definition) is 3. The Kier molecular flexibility index (Phi) is 5.46. The molecule has 1 saturated heterocycles. The first kappa shape index (κ1) is 17.8. The number of benzene rings is 2. The second-order valence-corrected chi connectivity index (χ2v) is 5.98. The van der Waals surface area contributed by atoms with Crippen molar-refractivity contribution < 1.29 is 18.4 Å². The Labute approximate surface area is 150 Å². The number of nitrogens with one attached hydrogen (secondary N) is 1. The molecule has 1 fully saturated rings. The van der Waals surface area contributed by atoms with Crippen molar-refractivity contribution in [1.29, 1.82) is 0 Å². The zero-order chi connectivity index (χ0) is 18.5. The number of halogens is 2. The van der Waals surface area contributed by atoms with E-state index in [0.29, 0.717) is 31.9 Å². The molecule has 1 N–H and O–H groups in total. The van der Waals surface area contributed by atoms with Crippen LogP contribution in [-0.2, 0) is 4.79 Å². The molecule has 1 aliphatic heterocycles. The van der Waals surface area contributed by atoms with Crippen molar-refractivity contribution in [1.82, 2.24) is 10.2 Å². The fourth-order valence-electron chi connectivity index (χ4n) is 2.91. The first-order chi connectivity index (χ1) is 12.6. The van der Waals surface area contributed by atoms with Crippen LogP contribution in [0.4, 0.5) is 14.5 Å². The van der Waals surface area contributed by atoms with Gasteiger partial charge in [-0.1, -0.05) is 24.3 Å². The van der Waals surface area contributed by atoms with Crippen LogP contribution in [0.15, 0.2) is 48.5 Å². The average molecular weight is 359 g/mol. The number of piperazine rings is 1. The number of amides is 2. The Morgan fingerprint density at radius 1 is 0.885 bits per heavy atom. The zero-order valence-corrected chi connectivity index (χ0v) is 14.1. The Hall–Kier alpha value is -2.96. The van der Waals surface area contributed by atoms with E-state index in [-0.39, 0.29) is 23.8 Å². The molecule has 5 nitrogen and oxygen atoms in total. The van der Waals surface area contributed by atoms with Crippen LogP contribution in [0.25, 0.3) is 0 Å². The standard InChI is InChI=1S/C19H19F2N3O2/c20-15-6-2-1-5-14(15)19(26)22-13-18(25)24-11-9-23(10-12-24)17-8-4-3-7-16(17)21/h1-8H,9-13H2,(H,22,26). The second kappa shape index (κ2) is 7.95. The largest absolute Gasteiger partial charge is 0.366 e. The molecular weight excluding hydrogens is 340 g/mol. The number of nitrogens with zero attached hydrogens (tertiary/aromatic N) is 2. The Morgan fingerprint density at radius 3 is 2.15 bits per heavy atom. The van der Waals surface area contributed by atoms with Gasteiger partial charge in [-0.3, -0.25) is 9.59 Å². The molecule has 0 saturated carbocycles. The number of anilines is 1. The highest BCUT2D eigenvalue weighted by molar-refractivity contribution is 5.96. The molecule has 2 aromatic rings. The fraction of sp³-hybridized carbons (Fsp3) is 0.263. The monoisotopic (exact) mass is 359 g/mol. The van der Waals surface area contributed by atoms with Gasteiger partial charge >= 0.3 is 0 Å². The molecule has 0 bridgehead atoms. The van der Waals surface area contributed by atoms with E-state index >= 15 is 0 Å². The highest BCUT2D eigenvalue weighted by atomic mass is 19.1. The molecule has 0 aromatic heterocycles. The summed E-state index contributed by atoms with van der Waals surface area (Å²) in [7, 11) is 0. The summed E-state index contributed by atoms with van der Waals surface area (Å²) in [5, 5.41) is 2.45. The summed E-state index contributed by atoms with van der Waals surface area (Å²) in [6, 6.07) is 12.1. The van der Waals surface area contributed by atoms with Gasteiger partial charge in [0.2, 0.25) is 5.91 Å². The van der Waals surface area contributed by atoms with Crippen LogP contribution in [0, 0.1) is 11.6 Å². The summed E-state index contributed by atoms with van der Waals surface area (Å²) < 4.78 is 27.4. The first-order valence-corrected chi connectivity index (χ1v) is 8.36. The van der Waals surface area contributed by atoms with Gasteiger partial charge in [0, 0.05) is 26.2 Å². The quantitative estimate of drug-likeness (QED) is 0.909. The Morgan fingerprint density at radius 2 is 1.50 bits per heavy atom. The zero-order valence-electron chi connectivity index (χ0n) is 14.1. The Balaban J connectivity index is 1.50. The second-order valence-electron chi connectivity index (χ2n) is 5.98. The van der Waals surface area contributed by atoms with Gasteiger partial charge in [0.25, 0.3) is 5.91 Å². The van der Waals surface area contributed by atoms with Crippen LogP contribution in [0.1, 0.15) is 10.4 Å². The van der Waals surface area contributed by atoms with Crippen LogP contribution in [0.3, 0.4) is 0 Å². The van der Waals surface area contributed by atoms with Gasteiger partial charge in [0.1, 0.15) is 11.6 Å². The Bertz CT molecular complexity index is 805. The molecule has 7 heteroatoms. The van der Waals surface area contributed by atoms with Crippen LogP contribution < -0.4 is 10.2 Å². The minimum absolute atomic E-state index is 0.0929. The van der Waals surface area contributed by atoms with Gasteiger partial charge in [-0.25, -0.2) is 8.78 Å². The van der Waals surface area contributed by atoms with Crippen molar-refractivity contribution in [3.8, 4) is 0 Å². The number of carbonyl (C=O) groups excluding carboxylic acids is 2. The molecule has 2 aromatic carbocycles. The van der Waals surface area contributed by atoms with Crippen molar-refractivity contribution in [3.63, 3.8) is 0 Å². The normalized spacial score (nSPS) is 14.2. The van der Waals surface area contributed by atoms with Crippen LogP contribution in [-0.4, -0.2) is 49.4 Å². The number of para-hydroxylation sites is 1. The summed E-state index contributed by atoms with van der Waals surface area (Å²) in [4.78, 5) is 27.7. The molecule has 0 spiro atoms. The smallest absolute Gasteiger partial charge is 0.254 e. The van der Waals surface area contributed by atoms with E-state index in [4.69, 9.17) is 0 Å². The number of rotatable bonds is 4. The molecule has 0 radical (unpaired) electrons. The van der Waals surface area contributed by atoms with Gasteiger partial charge in [-0.05, 0) is 24.3 Å². The third-order valence-electron chi connectivity index (χ3n) is 4.34. The molecule has 0 unspecified atom stereocenters. The third kappa shape index (κ3) is 3.99. The van der Waals surface area contributed by atoms with Gasteiger partial charge in [-0.2, -0.15) is 0 Å². The minimum Gasteiger partial charge on any atom is -0.366 e. The molecule has 2 amide bonds. The lowest BCUT2D eigenvalue weighted by Crippen LogP contribution is -2.51. The van der Waals surface area contributed by atoms with Crippen LogP contribution >= 0.6 is 0 Å². The predicted octanol–water partition coefficient (Wildman–Crippen LogP) is 2.04. The molecule has 136 valence electrons. The maximum absolute atomic E-state index is 13.8. The van der Waals surface area contributed by atoms with Gasteiger partial charge in [0.15, 0.2) is 0 Å². The van der Waals surface area contributed by atoms with Crippen molar-refractivity contribution in [2.45, 2.75) is 0 Å². The summed E-state index contributed by atoms with van der Waals surface area (Å²) in [5.41, 5.74) is 0.428. The topological polar surface area (TPSA) is 52.7 Å². The first-order valence-electron chi connectivity index (χ1n) is 8.36. The van der Waals surface area contributed by atoms with E-state index in [1.54, 1.807) is 29.2 Å². The van der Waals surface area contributed by atoms with Crippen molar-refractivity contribution in [2.75, 3.05) is 37.6 Å². The van der Waals surface area contributed by atoms with E-state index in [1.165, 1.54) is 24.3 Å². The lowest BCUT2D eigenvalue weighted by atomic mass is 10.2. The maximum Gasteiger partial charge on any atom is 0.254 e. The fourth-order valence-corrected chi connectivity index (χ4v) is 2.91. The SMILES string of the molecule is O=C(NCC(=O)N1CCN(c2ccccc2F)CC1)c1ccccc1F. The molecule has 0 aliphatic carbocycles. The molecule has 0 atom stereocenters. The van der Waals surface area contributed by atoms with E-state index in [0.717, 1.165) is 0 Å². The highest BCUT2D eigenvalue weighted by Gasteiger charge is 2.23. The third-order valence-corrected chi connectivity index (χ3v) is 4.34. The minimum atomic E-state index is -0.629. The molecule has 26 heavy (non-hydrogen) atoms. The van der Waals surface area contributed by atoms with Gasteiger partial charge in [-0.15, -0.1) is 0 Å². The van der Waals surface area contributed by atoms with E-state index < -0.39 is 11.7 Å². The lowest BCUT2D eigenvalue weighted by Gasteiger charge is -2.36. The van der Waals surface area contributed by atoms with Crippen molar-refractivity contribution >= 4 is 17.5 Å². The number of carbonyl (C=O) groups is 2. The maximum atomic E-state index is 13.8. The van der Waals surface area contributed by atoms with Crippen molar-refractivity contribution in [3.05, 3.63) is 65.7 Å². The van der Waals surface area contributed by atoms with E-state index in [9.17, 15) is 18.4 Å². The van der Waals surface area contributed by atoms with E-state index in [1.807, 2.05) is 4.90 Å². The number of hydrogen-bond donors (Lipinski definition) is 1.